The number of carbonyl (C=O) groups excluding carboxylic acids is 2. The highest BCUT2D eigenvalue weighted by Crippen LogP contribution is 2.36. The predicted octanol–water partition coefficient (Wildman–Crippen LogP) is 4.65. The van der Waals surface area contributed by atoms with E-state index in [1.807, 2.05) is 4.72 Å². The number of amides is 1. The Hall–Kier alpha value is -3.48. The number of nitrogens with one attached hydrogen (secondary N) is 2. The zero-order chi connectivity index (χ0) is 25.9. The summed E-state index contributed by atoms with van der Waals surface area (Å²) in [7, 11) is -2.35. The number of halogens is 3. The summed E-state index contributed by atoms with van der Waals surface area (Å²) in [5, 5.41) is 2.23. The van der Waals surface area contributed by atoms with E-state index in [9.17, 15) is 31.2 Å². The quantitative estimate of drug-likeness (QED) is 0.550. The molecule has 0 aliphatic carbocycles. The number of sulfonamides is 1. The van der Waals surface area contributed by atoms with Gasteiger partial charge in [-0.2, -0.15) is 13.2 Å². The van der Waals surface area contributed by atoms with Gasteiger partial charge >= 0.3 is 18.2 Å². The number of rotatable bonds is 6. The molecule has 0 aliphatic heterocycles. The van der Waals surface area contributed by atoms with Gasteiger partial charge in [0.15, 0.2) is 0 Å². The van der Waals surface area contributed by atoms with Crippen LogP contribution in [0, 0.1) is 0 Å². The minimum Gasteiger partial charge on any atom is -0.495 e. The lowest BCUT2D eigenvalue weighted by Crippen LogP contribution is -2.27. The molecule has 0 aromatic heterocycles. The number of ether oxygens (including phenoxy) is 3. The van der Waals surface area contributed by atoms with E-state index in [-0.39, 0.29) is 17.0 Å². The molecule has 0 bridgehead atoms. The molecule has 2 aromatic rings. The van der Waals surface area contributed by atoms with Crippen molar-refractivity contribution < 1.29 is 45.4 Å². The van der Waals surface area contributed by atoms with E-state index < -0.39 is 50.0 Å². The molecule has 0 atom stereocenters. The summed E-state index contributed by atoms with van der Waals surface area (Å²) in [6.07, 6.45) is -5.81. The molecule has 0 aliphatic rings. The Morgan fingerprint density at radius 2 is 1.59 bits per heavy atom. The van der Waals surface area contributed by atoms with Crippen molar-refractivity contribution in [2.24, 2.45) is 0 Å². The minimum atomic E-state index is -4.80. The smallest absolute Gasteiger partial charge is 0.416 e. The number of methoxy groups -OCH3 is 2. The Bertz CT molecular complexity index is 1190. The topological polar surface area (TPSA) is 120 Å². The number of esters is 1. The number of benzene rings is 2. The molecular weight excluding hydrogens is 481 g/mol. The van der Waals surface area contributed by atoms with Crippen LogP contribution < -0.4 is 14.8 Å². The van der Waals surface area contributed by atoms with Crippen molar-refractivity contribution in [3.8, 4) is 5.75 Å². The van der Waals surface area contributed by atoms with E-state index in [0.29, 0.717) is 12.1 Å². The van der Waals surface area contributed by atoms with Crippen LogP contribution in [0.25, 0.3) is 0 Å². The van der Waals surface area contributed by atoms with E-state index in [1.54, 1.807) is 20.8 Å². The largest absolute Gasteiger partial charge is 0.495 e. The van der Waals surface area contributed by atoms with E-state index in [0.717, 1.165) is 19.2 Å². The van der Waals surface area contributed by atoms with Crippen molar-refractivity contribution in [3.05, 3.63) is 47.5 Å². The van der Waals surface area contributed by atoms with Crippen molar-refractivity contribution in [1.82, 2.24) is 0 Å². The van der Waals surface area contributed by atoms with Crippen LogP contribution >= 0.6 is 0 Å². The molecule has 0 saturated carbocycles. The van der Waals surface area contributed by atoms with Gasteiger partial charge in [-0.1, -0.05) is 0 Å². The predicted molar refractivity (Wildman–Crippen MR) is 116 cm³/mol. The van der Waals surface area contributed by atoms with Gasteiger partial charge in [0.1, 0.15) is 16.2 Å². The molecule has 1 amide bonds. The standard InChI is InChI=1S/C21H23F3N2O7S/c1-20(2,3)33-19(28)25-14-8-7-13(21(22,23)24)11-15(14)26-34(29,30)17-10-12(18(27)32-5)6-9-16(17)31-4/h6-11,26H,1-5H3,(H,25,28). The monoisotopic (exact) mass is 504 g/mol. The zero-order valence-electron chi connectivity index (χ0n) is 18.9. The lowest BCUT2D eigenvalue weighted by molar-refractivity contribution is -0.137. The third-order valence-corrected chi connectivity index (χ3v) is 5.49. The first kappa shape index (κ1) is 26.8. The average Bonchev–Trinajstić information content (AvgIpc) is 2.71. The first-order valence-corrected chi connectivity index (χ1v) is 11.1. The van der Waals surface area contributed by atoms with E-state index in [1.165, 1.54) is 19.2 Å². The van der Waals surface area contributed by atoms with Gasteiger partial charge in [-0.15, -0.1) is 0 Å². The molecule has 34 heavy (non-hydrogen) atoms. The van der Waals surface area contributed by atoms with E-state index in [2.05, 4.69) is 10.1 Å². The highest BCUT2D eigenvalue weighted by Gasteiger charge is 2.32. The first-order chi connectivity index (χ1) is 15.6. The number of carbonyl (C=O) groups is 2. The summed E-state index contributed by atoms with van der Waals surface area (Å²) in [4.78, 5) is 23.4. The summed E-state index contributed by atoms with van der Waals surface area (Å²) >= 11 is 0. The van der Waals surface area contributed by atoms with Crippen molar-refractivity contribution in [1.29, 1.82) is 0 Å². The number of hydrogen-bond donors (Lipinski definition) is 2. The third-order valence-electron chi connectivity index (χ3n) is 4.10. The summed E-state index contributed by atoms with van der Waals surface area (Å²) in [5.74, 6) is -1.03. The molecule has 0 radical (unpaired) electrons. The van der Waals surface area contributed by atoms with Crippen molar-refractivity contribution >= 4 is 33.5 Å². The Morgan fingerprint density at radius 1 is 0.941 bits per heavy atom. The van der Waals surface area contributed by atoms with E-state index >= 15 is 0 Å². The minimum absolute atomic E-state index is 0.139. The van der Waals surface area contributed by atoms with Crippen molar-refractivity contribution in [2.45, 2.75) is 37.4 Å². The maximum Gasteiger partial charge on any atom is 0.416 e. The lowest BCUT2D eigenvalue weighted by Gasteiger charge is -2.21. The average molecular weight is 504 g/mol. The highest BCUT2D eigenvalue weighted by molar-refractivity contribution is 7.92. The second kappa shape index (κ2) is 9.79. The summed E-state index contributed by atoms with van der Waals surface area (Å²) < 4.78 is 82.7. The van der Waals surface area contributed by atoms with Gasteiger partial charge in [-0.3, -0.25) is 10.0 Å². The summed E-state index contributed by atoms with van der Waals surface area (Å²) in [6, 6.07) is 5.45. The Morgan fingerprint density at radius 3 is 2.12 bits per heavy atom. The molecule has 0 heterocycles. The van der Waals surface area contributed by atoms with Gasteiger partial charge in [0.25, 0.3) is 10.0 Å². The van der Waals surface area contributed by atoms with Gasteiger partial charge < -0.3 is 14.2 Å². The van der Waals surface area contributed by atoms with Crippen LogP contribution in [0.5, 0.6) is 5.75 Å². The molecule has 0 fully saturated rings. The lowest BCUT2D eigenvalue weighted by atomic mass is 10.1. The summed E-state index contributed by atoms with van der Waals surface area (Å²) in [6.45, 7) is 4.72. The fourth-order valence-corrected chi connectivity index (χ4v) is 3.93. The molecule has 186 valence electrons. The number of hydrogen-bond acceptors (Lipinski definition) is 7. The van der Waals surface area contributed by atoms with Gasteiger partial charge in [-0.25, -0.2) is 18.0 Å². The molecule has 0 spiro atoms. The first-order valence-electron chi connectivity index (χ1n) is 9.58. The summed E-state index contributed by atoms with van der Waals surface area (Å²) in [5.41, 5.74) is -3.12. The van der Waals surface area contributed by atoms with Crippen LogP contribution in [0.3, 0.4) is 0 Å². The third kappa shape index (κ3) is 6.76. The van der Waals surface area contributed by atoms with Gasteiger partial charge in [0.05, 0.1) is 36.7 Å². The SMILES string of the molecule is COC(=O)c1ccc(OC)c(S(=O)(=O)Nc2cc(C(F)(F)F)ccc2NC(=O)OC(C)(C)C)c1. The molecular formula is C21H23F3N2O7S. The molecule has 9 nitrogen and oxygen atoms in total. The van der Waals surface area contributed by atoms with Crippen LogP contribution in [0.4, 0.5) is 29.3 Å². The van der Waals surface area contributed by atoms with Crippen LogP contribution in [0.15, 0.2) is 41.3 Å². The molecule has 2 N–H and O–H groups in total. The highest BCUT2D eigenvalue weighted by atomic mass is 32.2. The second-order valence-corrected chi connectivity index (χ2v) is 9.50. The van der Waals surface area contributed by atoms with Crippen LogP contribution in [0.1, 0.15) is 36.7 Å². The molecule has 13 heteroatoms. The Labute approximate surface area is 194 Å². The fourth-order valence-electron chi connectivity index (χ4n) is 2.66. The Kier molecular flexibility index (Phi) is 7.71. The molecule has 0 saturated heterocycles. The van der Waals surface area contributed by atoms with Gasteiger partial charge in [0.2, 0.25) is 0 Å². The van der Waals surface area contributed by atoms with Crippen molar-refractivity contribution in [2.75, 3.05) is 24.3 Å². The van der Waals surface area contributed by atoms with Crippen LogP contribution in [0.2, 0.25) is 0 Å². The maximum absolute atomic E-state index is 13.3. The maximum atomic E-state index is 13.3. The van der Waals surface area contributed by atoms with Gasteiger partial charge in [-0.05, 0) is 57.2 Å². The van der Waals surface area contributed by atoms with Crippen molar-refractivity contribution in [3.63, 3.8) is 0 Å². The molecule has 2 aromatic carbocycles. The van der Waals surface area contributed by atoms with E-state index in [4.69, 9.17) is 9.47 Å². The number of anilines is 2. The second-order valence-electron chi connectivity index (χ2n) is 7.85. The fraction of sp³-hybridized carbons (Fsp3) is 0.333. The molecule has 2 rings (SSSR count). The normalized spacial score (nSPS) is 12.0. The van der Waals surface area contributed by atoms with Crippen LogP contribution in [-0.4, -0.2) is 40.3 Å². The molecule has 0 unspecified atom stereocenters. The number of alkyl halides is 3. The zero-order valence-corrected chi connectivity index (χ0v) is 19.7. The van der Waals surface area contributed by atoms with Crippen LogP contribution in [-0.2, 0) is 25.7 Å². The Balaban J connectivity index is 2.57. The van der Waals surface area contributed by atoms with Gasteiger partial charge in [0, 0.05) is 0 Å².